The highest BCUT2D eigenvalue weighted by Crippen LogP contribution is 1.85. The number of hydrogen-bond acceptors (Lipinski definition) is 6. The molecule has 0 aromatic carbocycles. The van der Waals surface area contributed by atoms with Crippen LogP contribution in [0.2, 0.25) is 0 Å². The van der Waals surface area contributed by atoms with Crippen molar-refractivity contribution in [2.75, 3.05) is 13.2 Å². The Morgan fingerprint density at radius 2 is 1.14 bits per heavy atom. The predicted octanol–water partition coefficient (Wildman–Crippen LogP) is -1.49. The number of cyclic esters (lactones) is 2. The van der Waals surface area contributed by atoms with Gasteiger partial charge in [-0.2, -0.15) is 0 Å². The Morgan fingerprint density at radius 3 is 1.21 bits per heavy atom. The lowest BCUT2D eigenvalue weighted by Gasteiger charge is -1.78. The molecule has 2 rings (SSSR count). The molecule has 0 aromatic heterocycles. The second kappa shape index (κ2) is 4.21. The van der Waals surface area contributed by atoms with Crippen molar-refractivity contribution in [3.63, 3.8) is 0 Å². The van der Waals surface area contributed by atoms with Crippen LogP contribution in [0.3, 0.4) is 0 Å². The van der Waals surface area contributed by atoms with Gasteiger partial charge < -0.3 is 9.47 Å². The molecule has 2 saturated heterocycles. The van der Waals surface area contributed by atoms with E-state index >= 15 is 0 Å². The smallest absolute Gasteiger partial charge is 0.414 e. The largest absolute Gasteiger partial charge is 0.439 e. The molecule has 0 aromatic rings. The van der Waals surface area contributed by atoms with Crippen molar-refractivity contribution in [1.29, 1.82) is 0 Å². The van der Waals surface area contributed by atoms with E-state index in [1.165, 1.54) is 0 Å². The standard InChI is InChI=1S/2C3H3NO3/c2*5-2-1-7-3(6)4-2/h2*1H2,(H,4,5,6). The first kappa shape index (κ1) is 9.96. The summed E-state index contributed by atoms with van der Waals surface area (Å²) in [7, 11) is 0. The molecule has 0 radical (unpaired) electrons. The second-order valence-corrected chi connectivity index (χ2v) is 2.25. The summed E-state index contributed by atoms with van der Waals surface area (Å²) in [4.78, 5) is 39.8. The Hall–Kier alpha value is -2.12. The molecule has 2 N–H and O–H groups in total. The summed E-state index contributed by atoms with van der Waals surface area (Å²) in [6.07, 6.45) is -1.30. The third-order valence-corrected chi connectivity index (χ3v) is 1.15. The van der Waals surface area contributed by atoms with Gasteiger partial charge in [-0.05, 0) is 0 Å². The molecule has 8 nitrogen and oxygen atoms in total. The molecule has 0 aliphatic carbocycles. The SMILES string of the molecule is O=C1COC(=O)N1.O=C1COC(=O)N1. The highest BCUT2D eigenvalue weighted by molar-refractivity contribution is 5.98. The lowest BCUT2D eigenvalue weighted by Crippen LogP contribution is -2.18. The molecule has 2 aliphatic rings. The molecule has 76 valence electrons. The zero-order valence-electron chi connectivity index (χ0n) is 6.86. The van der Waals surface area contributed by atoms with Crippen molar-refractivity contribution in [3.8, 4) is 0 Å². The van der Waals surface area contributed by atoms with Gasteiger partial charge in [-0.1, -0.05) is 0 Å². The minimum atomic E-state index is -0.648. The predicted molar refractivity (Wildman–Crippen MR) is 39.0 cm³/mol. The first-order valence-corrected chi connectivity index (χ1v) is 3.51. The number of nitrogens with one attached hydrogen (secondary N) is 2. The molecule has 8 heteroatoms. The summed E-state index contributed by atoms with van der Waals surface area (Å²) in [6.45, 7) is -0.252. The molecular formula is C6H6N2O6. The van der Waals surface area contributed by atoms with E-state index in [9.17, 15) is 19.2 Å². The molecule has 2 aliphatic heterocycles. The third kappa shape index (κ3) is 3.09. The molecule has 2 fully saturated rings. The number of imide groups is 2. The molecule has 4 amide bonds. The van der Waals surface area contributed by atoms with Crippen LogP contribution >= 0.6 is 0 Å². The van der Waals surface area contributed by atoms with Gasteiger partial charge in [0.2, 0.25) is 0 Å². The van der Waals surface area contributed by atoms with E-state index in [2.05, 4.69) is 9.47 Å². The quantitative estimate of drug-likeness (QED) is 0.494. The number of amides is 4. The van der Waals surface area contributed by atoms with E-state index < -0.39 is 12.2 Å². The third-order valence-electron chi connectivity index (χ3n) is 1.15. The first-order valence-electron chi connectivity index (χ1n) is 3.51. The Labute approximate surface area is 77.5 Å². The fourth-order valence-corrected chi connectivity index (χ4v) is 0.634. The van der Waals surface area contributed by atoms with Crippen LogP contribution in [0.4, 0.5) is 9.59 Å². The van der Waals surface area contributed by atoms with Crippen LogP contribution in [0.25, 0.3) is 0 Å². The molecule has 14 heavy (non-hydrogen) atoms. The molecular weight excluding hydrogens is 196 g/mol. The number of carbonyl (C=O) groups excluding carboxylic acids is 4. The van der Waals surface area contributed by atoms with Gasteiger partial charge in [-0.25, -0.2) is 9.59 Å². The Bertz CT molecular complexity index is 241. The molecule has 0 atom stereocenters. The van der Waals surface area contributed by atoms with Crippen LogP contribution in [0, 0.1) is 0 Å². The number of rotatable bonds is 0. The molecule has 0 unspecified atom stereocenters. The van der Waals surface area contributed by atoms with E-state index in [1.54, 1.807) is 0 Å². The molecule has 0 bridgehead atoms. The number of alkyl carbamates (subject to hydrolysis) is 2. The highest BCUT2D eigenvalue weighted by Gasteiger charge is 2.17. The maximum absolute atomic E-state index is 10.00. The van der Waals surface area contributed by atoms with Crippen LogP contribution < -0.4 is 10.6 Å². The highest BCUT2D eigenvalue weighted by atomic mass is 16.6. The van der Waals surface area contributed by atoms with E-state index in [0.717, 1.165) is 0 Å². The summed E-state index contributed by atoms with van der Waals surface area (Å²) in [5.41, 5.74) is 0. The van der Waals surface area contributed by atoms with Gasteiger partial charge >= 0.3 is 12.2 Å². The minimum absolute atomic E-state index is 0.126. The van der Waals surface area contributed by atoms with Crippen molar-refractivity contribution >= 4 is 24.0 Å². The van der Waals surface area contributed by atoms with Crippen LogP contribution in [0.5, 0.6) is 0 Å². The average molecular weight is 202 g/mol. The summed E-state index contributed by atoms with van der Waals surface area (Å²) in [5.74, 6) is -0.741. The van der Waals surface area contributed by atoms with Gasteiger partial charge in [0.15, 0.2) is 13.2 Å². The van der Waals surface area contributed by atoms with E-state index in [0.29, 0.717) is 0 Å². The van der Waals surface area contributed by atoms with Crippen molar-refractivity contribution in [1.82, 2.24) is 10.6 Å². The monoisotopic (exact) mass is 202 g/mol. The minimum Gasteiger partial charge on any atom is -0.439 e. The summed E-state index contributed by atoms with van der Waals surface area (Å²) < 4.78 is 8.33. The Morgan fingerprint density at radius 1 is 0.786 bits per heavy atom. The number of hydrogen-bond donors (Lipinski definition) is 2. The maximum atomic E-state index is 10.00. The number of carbonyl (C=O) groups is 4. The van der Waals surface area contributed by atoms with Crippen LogP contribution in [0.1, 0.15) is 0 Å². The number of ether oxygens (including phenoxy) is 2. The Kier molecular flexibility index (Phi) is 3.00. The molecule has 0 saturated carbocycles. The normalized spacial score (nSPS) is 18.9. The van der Waals surface area contributed by atoms with Gasteiger partial charge in [-0.3, -0.25) is 20.2 Å². The Balaban J connectivity index is 0.000000140. The fraction of sp³-hybridized carbons (Fsp3) is 0.333. The summed E-state index contributed by atoms with van der Waals surface area (Å²) in [6, 6.07) is 0. The van der Waals surface area contributed by atoms with E-state index in [4.69, 9.17) is 0 Å². The van der Waals surface area contributed by atoms with Gasteiger partial charge in [0, 0.05) is 0 Å². The van der Waals surface area contributed by atoms with Gasteiger partial charge in [0.25, 0.3) is 11.8 Å². The van der Waals surface area contributed by atoms with Crippen LogP contribution in [-0.4, -0.2) is 37.2 Å². The topological polar surface area (TPSA) is 111 Å². The zero-order chi connectivity index (χ0) is 10.6. The van der Waals surface area contributed by atoms with E-state index in [1.807, 2.05) is 10.6 Å². The lowest BCUT2D eigenvalue weighted by atomic mass is 10.7. The van der Waals surface area contributed by atoms with Gasteiger partial charge in [0.05, 0.1) is 0 Å². The van der Waals surface area contributed by atoms with Crippen LogP contribution in [-0.2, 0) is 19.1 Å². The van der Waals surface area contributed by atoms with Gasteiger partial charge in [0.1, 0.15) is 0 Å². The zero-order valence-corrected chi connectivity index (χ0v) is 6.86. The van der Waals surface area contributed by atoms with E-state index in [-0.39, 0.29) is 25.0 Å². The summed E-state index contributed by atoms with van der Waals surface area (Å²) in [5, 5.41) is 3.83. The van der Waals surface area contributed by atoms with Crippen molar-refractivity contribution < 1.29 is 28.7 Å². The molecule has 2 heterocycles. The molecule has 0 spiro atoms. The maximum Gasteiger partial charge on any atom is 0.414 e. The average Bonchev–Trinajstić information content (AvgIpc) is 2.63. The lowest BCUT2D eigenvalue weighted by molar-refractivity contribution is -0.120. The van der Waals surface area contributed by atoms with Crippen molar-refractivity contribution in [3.05, 3.63) is 0 Å². The van der Waals surface area contributed by atoms with Gasteiger partial charge in [-0.15, -0.1) is 0 Å². The summed E-state index contributed by atoms with van der Waals surface area (Å²) >= 11 is 0. The fourth-order valence-electron chi connectivity index (χ4n) is 0.634. The second-order valence-electron chi connectivity index (χ2n) is 2.25. The first-order chi connectivity index (χ1) is 6.58. The van der Waals surface area contributed by atoms with Crippen molar-refractivity contribution in [2.24, 2.45) is 0 Å². The van der Waals surface area contributed by atoms with Crippen LogP contribution in [0.15, 0.2) is 0 Å². The van der Waals surface area contributed by atoms with Crippen molar-refractivity contribution in [2.45, 2.75) is 0 Å².